The lowest BCUT2D eigenvalue weighted by atomic mass is 10.1. The highest BCUT2D eigenvalue weighted by molar-refractivity contribution is 6.02. The maximum atomic E-state index is 12.2. The molecule has 2 heterocycles. The molecule has 26 heavy (non-hydrogen) atoms. The van der Waals surface area contributed by atoms with Crippen LogP contribution in [-0.4, -0.2) is 21.7 Å². The first-order chi connectivity index (χ1) is 12.7. The van der Waals surface area contributed by atoms with Crippen LogP contribution in [0.3, 0.4) is 0 Å². The van der Waals surface area contributed by atoms with Gasteiger partial charge in [-0.1, -0.05) is 12.1 Å². The van der Waals surface area contributed by atoms with Crippen LogP contribution in [0.15, 0.2) is 60.9 Å². The van der Waals surface area contributed by atoms with E-state index in [1.807, 2.05) is 41.2 Å². The van der Waals surface area contributed by atoms with E-state index in [0.29, 0.717) is 24.3 Å². The molecule has 0 saturated carbocycles. The summed E-state index contributed by atoms with van der Waals surface area (Å²) in [7, 11) is 0. The third-order valence-corrected chi connectivity index (χ3v) is 4.10. The van der Waals surface area contributed by atoms with Crippen molar-refractivity contribution < 1.29 is 9.59 Å². The first kappa shape index (κ1) is 15.9. The Morgan fingerprint density at radius 3 is 2.65 bits per heavy atom. The fourth-order valence-corrected chi connectivity index (χ4v) is 2.88. The molecule has 0 atom stereocenters. The third kappa shape index (κ3) is 3.56. The van der Waals surface area contributed by atoms with Crippen molar-refractivity contribution in [2.45, 2.75) is 13.0 Å². The van der Waals surface area contributed by atoms with Gasteiger partial charge in [0.2, 0.25) is 5.91 Å². The number of nitrogens with zero attached hydrogens (tertiary/aromatic N) is 2. The molecule has 0 spiro atoms. The Kier molecular flexibility index (Phi) is 4.10. The highest BCUT2D eigenvalue weighted by Gasteiger charge is 2.17. The summed E-state index contributed by atoms with van der Waals surface area (Å²) < 4.78 is 1.84. The quantitative estimate of drug-likeness (QED) is 0.678. The molecule has 0 unspecified atom stereocenters. The van der Waals surface area contributed by atoms with Crippen molar-refractivity contribution >= 4 is 29.0 Å². The zero-order valence-corrected chi connectivity index (χ0v) is 13.9. The lowest BCUT2D eigenvalue weighted by molar-refractivity contribution is -0.115. The number of fused-ring (bicyclic) bond motifs is 1. The van der Waals surface area contributed by atoms with Gasteiger partial charge >= 0.3 is 6.03 Å². The van der Waals surface area contributed by atoms with E-state index < -0.39 is 0 Å². The molecule has 0 fully saturated rings. The first-order valence-corrected chi connectivity index (χ1v) is 8.23. The molecule has 1 aliphatic rings. The average molecular weight is 347 g/mol. The van der Waals surface area contributed by atoms with Gasteiger partial charge in [-0.05, 0) is 47.5 Å². The van der Waals surface area contributed by atoms with Gasteiger partial charge in [0.25, 0.3) is 0 Å². The molecule has 0 radical (unpaired) electrons. The molecule has 0 bridgehead atoms. The number of urea groups is 1. The molecule has 1 aromatic heterocycles. The molecule has 3 N–H and O–H groups in total. The van der Waals surface area contributed by atoms with Gasteiger partial charge < -0.3 is 16.0 Å². The normalized spacial score (nSPS) is 12.4. The van der Waals surface area contributed by atoms with Crippen molar-refractivity contribution in [2.24, 2.45) is 0 Å². The largest absolute Gasteiger partial charge is 0.326 e. The van der Waals surface area contributed by atoms with E-state index in [1.165, 1.54) is 0 Å². The fraction of sp³-hybridized carbons (Fsp3) is 0.105. The van der Waals surface area contributed by atoms with Crippen molar-refractivity contribution in [3.05, 3.63) is 72.1 Å². The molecule has 3 amide bonds. The van der Waals surface area contributed by atoms with Crippen molar-refractivity contribution in [3.8, 4) is 0 Å². The minimum absolute atomic E-state index is 0.0307. The summed E-state index contributed by atoms with van der Waals surface area (Å²) in [6, 6.07) is 14.5. The number of amides is 3. The van der Waals surface area contributed by atoms with E-state index in [0.717, 1.165) is 16.8 Å². The summed E-state index contributed by atoms with van der Waals surface area (Å²) in [5.41, 5.74) is 4.12. The maximum absolute atomic E-state index is 12.2. The topological polar surface area (TPSA) is 88.1 Å². The van der Waals surface area contributed by atoms with Crippen molar-refractivity contribution in [3.63, 3.8) is 0 Å². The van der Waals surface area contributed by atoms with Crippen molar-refractivity contribution in [1.29, 1.82) is 0 Å². The standard InChI is InChI=1S/C19H17N5O2/c25-18-11-14-10-16(6-7-17(14)23-18)22-19(26)21-15-4-2-13(3-5-15)12-24-9-1-8-20-24/h1-10H,11-12H2,(H,23,25)(H2,21,22,26). The summed E-state index contributed by atoms with van der Waals surface area (Å²) >= 11 is 0. The predicted molar refractivity (Wildman–Crippen MR) is 99.2 cm³/mol. The number of rotatable bonds is 4. The summed E-state index contributed by atoms with van der Waals surface area (Å²) in [5, 5.41) is 12.5. The van der Waals surface area contributed by atoms with E-state index >= 15 is 0 Å². The van der Waals surface area contributed by atoms with Gasteiger partial charge in [-0.3, -0.25) is 9.48 Å². The Bertz CT molecular complexity index is 949. The molecule has 130 valence electrons. The summed E-state index contributed by atoms with van der Waals surface area (Å²) in [4.78, 5) is 23.6. The Labute approximate surface area is 150 Å². The molecule has 1 aliphatic heterocycles. The highest BCUT2D eigenvalue weighted by Crippen LogP contribution is 2.26. The van der Waals surface area contributed by atoms with Crippen molar-refractivity contribution in [1.82, 2.24) is 9.78 Å². The second-order valence-electron chi connectivity index (χ2n) is 6.08. The predicted octanol–water partition coefficient (Wildman–Crippen LogP) is 3.07. The summed E-state index contributed by atoms with van der Waals surface area (Å²) in [6.45, 7) is 0.682. The minimum Gasteiger partial charge on any atom is -0.326 e. The van der Waals surface area contributed by atoms with Crippen LogP contribution in [0.4, 0.5) is 21.9 Å². The zero-order chi connectivity index (χ0) is 17.9. The van der Waals surface area contributed by atoms with Crippen LogP contribution in [-0.2, 0) is 17.8 Å². The van der Waals surface area contributed by atoms with Crippen LogP contribution >= 0.6 is 0 Å². The Morgan fingerprint density at radius 1 is 1.12 bits per heavy atom. The van der Waals surface area contributed by atoms with Gasteiger partial charge in [-0.15, -0.1) is 0 Å². The third-order valence-electron chi connectivity index (χ3n) is 4.10. The highest BCUT2D eigenvalue weighted by atomic mass is 16.2. The second-order valence-corrected chi connectivity index (χ2v) is 6.08. The van der Waals surface area contributed by atoms with E-state index in [2.05, 4.69) is 21.0 Å². The molecule has 7 nitrogen and oxygen atoms in total. The van der Waals surface area contributed by atoms with Crippen LogP contribution in [0.1, 0.15) is 11.1 Å². The van der Waals surface area contributed by atoms with E-state index in [4.69, 9.17) is 0 Å². The molecule has 4 rings (SSSR count). The lowest BCUT2D eigenvalue weighted by Gasteiger charge is -2.09. The van der Waals surface area contributed by atoms with Crippen LogP contribution in [0.2, 0.25) is 0 Å². The van der Waals surface area contributed by atoms with Crippen LogP contribution in [0, 0.1) is 0 Å². The first-order valence-electron chi connectivity index (χ1n) is 8.23. The molecule has 3 aromatic rings. The van der Waals surface area contributed by atoms with E-state index in [9.17, 15) is 9.59 Å². The Balaban J connectivity index is 1.36. The monoisotopic (exact) mass is 347 g/mol. The zero-order valence-electron chi connectivity index (χ0n) is 13.9. The fourth-order valence-electron chi connectivity index (χ4n) is 2.88. The number of carbonyl (C=O) groups excluding carboxylic acids is 2. The SMILES string of the molecule is O=C1Cc2cc(NC(=O)Nc3ccc(Cn4cccn4)cc3)ccc2N1. The van der Waals surface area contributed by atoms with Crippen molar-refractivity contribution in [2.75, 3.05) is 16.0 Å². The summed E-state index contributed by atoms with van der Waals surface area (Å²) in [6.07, 6.45) is 3.98. The van der Waals surface area contributed by atoms with Gasteiger partial charge in [0.1, 0.15) is 0 Å². The van der Waals surface area contributed by atoms with Gasteiger partial charge in [0.15, 0.2) is 0 Å². The number of carbonyl (C=O) groups is 2. The average Bonchev–Trinajstić information content (AvgIpc) is 3.24. The number of hydrogen-bond donors (Lipinski definition) is 3. The minimum atomic E-state index is -0.331. The molecular formula is C19H17N5O2. The summed E-state index contributed by atoms with van der Waals surface area (Å²) in [5.74, 6) is -0.0307. The van der Waals surface area contributed by atoms with E-state index in [1.54, 1.807) is 24.4 Å². The van der Waals surface area contributed by atoms with Crippen LogP contribution < -0.4 is 16.0 Å². The van der Waals surface area contributed by atoms with Gasteiger partial charge in [0, 0.05) is 29.5 Å². The number of aromatic nitrogens is 2. The van der Waals surface area contributed by atoms with Gasteiger partial charge in [0.05, 0.1) is 13.0 Å². The number of nitrogens with one attached hydrogen (secondary N) is 3. The smallest absolute Gasteiger partial charge is 0.323 e. The molecule has 0 saturated heterocycles. The number of hydrogen-bond acceptors (Lipinski definition) is 3. The Morgan fingerprint density at radius 2 is 1.88 bits per heavy atom. The molecule has 0 aliphatic carbocycles. The molecule has 2 aromatic carbocycles. The van der Waals surface area contributed by atoms with Gasteiger partial charge in [-0.25, -0.2) is 4.79 Å². The second kappa shape index (κ2) is 6.72. The number of anilines is 3. The lowest BCUT2D eigenvalue weighted by Crippen LogP contribution is -2.19. The molecular weight excluding hydrogens is 330 g/mol. The Hall–Kier alpha value is -3.61. The van der Waals surface area contributed by atoms with Crippen LogP contribution in [0.5, 0.6) is 0 Å². The van der Waals surface area contributed by atoms with Crippen LogP contribution in [0.25, 0.3) is 0 Å². The number of benzene rings is 2. The van der Waals surface area contributed by atoms with Gasteiger partial charge in [-0.2, -0.15) is 5.10 Å². The van der Waals surface area contributed by atoms with E-state index in [-0.39, 0.29) is 11.9 Å². The molecule has 7 heteroatoms. The maximum Gasteiger partial charge on any atom is 0.323 e.